The highest BCUT2D eigenvalue weighted by molar-refractivity contribution is 6.35. The van der Waals surface area contributed by atoms with E-state index in [1.54, 1.807) is 12.1 Å². The lowest BCUT2D eigenvalue weighted by Gasteiger charge is -2.17. The summed E-state index contributed by atoms with van der Waals surface area (Å²) in [7, 11) is 2.02. The molecule has 4 heteroatoms. The molecule has 1 aromatic rings. The van der Waals surface area contributed by atoms with E-state index in [9.17, 15) is 5.11 Å². The van der Waals surface area contributed by atoms with Crippen molar-refractivity contribution in [2.75, 3.05) is 13.6 Å². The molecular formula is C12H17Cl2NO. The zero-order valence-electron chi connectivity index (χ0n) is 9.63. The minimum atomic E-state index is 0.134. The maximum atomic E-state index is 9.78. The quantitative estimate of drug-likeness (QED) is 0.869. The summed E-state index contributed by atoms with van der Waals surface area (Å²) < 4.78 is 0. The maximum absolute atomic E-state index is 9.78. The van der Waals surface area contributed by atoms with Crippen LogP contribution in [0.2, 0.25) is 10.0 Å². The topological polar surface area (TPSA) is 23.5 Å². The molecule has 0 amide bonds. The monoisotopic (exact) mass is 261 g/mol. The summed E-state index contributed by atoms with van der Waals surface area (Å²) in [5.41, 5.74) is 0.774. The number of phenolic OH excluding ortho intramolecular Hbond substituents is 1. The molecule has 0 spiro atoms. The first kappa shape index (κ1) is 13.6. The third kappa shape index (κ3) is 3.85. The number of hydrogen-bond acceptors (Lipinski definition) is 2. The van der Waals surface area contributed by atoms with Crippen LogP contribution in [-0.2, 0) is 6.54 Å². The first-order valence-corrected chi connectivity index (χ1v) is 6.15. The Labute approximate surface area is 107 Å². The van der Waals surface area contributed by atoms with Crippen LogP contribution in [0.15, 0.2) is 12.1 Å². The molecule has 1 N–H and O–H groups in total. The largest absolute Gasteiger partial charge is 0.506 e. The molecule has 0 fully saturated rings. The lowest BCUT2D eigenvalue weighted by Crippen LogP contribution is -2.19. The van der Waals surface area contributed by atoms with Gasteiger partial charge in [-0.15, -0.1) is 0 Å². The molecule has 0 unspecified atom stereocenters. The fraction of sp³-hybridized carbons (Fsp3) is 0.500. The Morgan fingerprint density at radius 2 is 2.00 bits per heavy atom. The fourth-order valence-electron chi connectivity index (χ4n) is 1.54. The zero-order valence-corrected chi connectivity index (χ0v) is 11.1. The van der Waals surface area contributed by atoms with Gasteiger partial charge in [0.15, 0.2) is 0 Å². The Morgan fingerprint density at radius 3 is 2.62 bits per heavy atom. The number of rotatable bonds is 5. The first-order valence-electron chi connectivity index (χ1n) is 5.40. The van der Waals surface area contributed by atoms with Gasteiger partial charge >= 0.3 is 0 Å². The number of unbranched alkanes of at least 4 members (excludes halogenated alkanes) is 1. The summed E-state index contributed by atoms with van der Waals surface area (Å²) in [6.07, 6.45) is 2.30. The number of phenols is 1. The summed E-state index contributed by atoms with van der Waals surface area (Å²) >= 11 is 11.7. The van der Waals surface area contributed by atoms with Gasteiger partial charge in [-0.05, 0) is 32.1 Å². The van der Waals surface area contributed by atoms with Crippen molar-refractivity contribution in [1.29, 1.82) is 0 Å². The Kier molecular flexibility index (Phi) is 5.39. The molecule has 90 valence electrons. The zero-order chi connectivity index (χ0) is 12.1. The van der Waals surface area contributed by atoms with E-state index in [2.05, 4.69) is 11.8 Å². The predicted octanol–water partition coefficient (Wildman–Crippen LogP) is 3.93. The number of halogens is 2. The van der Waals surface area contributed by atoms with Crippen LogP contribution in [0, 0.1) is 0 Å². The highest BCUT2D eigenvalue weighted by Gasteiger charge is 2.09. The van der Waals surface area contributed by atoms with E-state index in [4.69, 9.17) is 23.2 Å². The fourth-order valence-corrected chi connectivity index (χ4v) is 2.07. The van der Waals surface area contributed by atoms with Gasteiger partial charge in [0.2, 0.25) is 0 Å². The van der Waals surface area contributed by atoms with Crippen molar-refractivity contribution in [3.8, 4) is 5.75 Å². The third-order valence-corrected chi connectivity index (χ3v) is 2.95. The lowest BCUT2D eigenvalue weighted by atomic mass is 10.2. The second kappa shape index (κ2) is 6.33. The highest BCUT2D eigenvalue weighted by atomic mass is 35.5. The SMILES string of the molecule is CCCCN(C)Cc1cc(Cl)cc(Cl)c1O. The minimum Gasteiger partial charge on any atom is -0.506 e. The van der Waals surface area contributed by atoms with E-state index in [0.29, 0.717) is 16.6 Å². The van der Waals surface area contributed by atoms with Crippen LogP contribution in [0.1, 0.15) is 25.3 Å². The van der Waals surface area contributed by atoms with Crippen molar-refractivity contribution in [2.24, 2.45) is 0 Å². The molecule has 0 aliphatic rings. The predicted molar refractivity (Wildman–Crippen MR) is 69.4 cm³/mol. The smallest absolute Gasteiger partial charge is 0.138 e. The Morgan fingerprint density at radius 1 is 1.31 bits per heavy atom. The molecule has 0 aromatic heterocycles. The third-order valence-electron chi connectivity index (χ3n) is 2.44. The van der Waals surface area contributed by atoms with E-state index in [-0.39, 0.29) is 5.75 Å². The molecule has 16 heavy (non-hydrogen) atoms. The maximum Gasteiger partial charge on any atom is 0.138 e. The minimum absolute atomic E-state index is 0.134. The summed E-state index contributed by atoms with van der Waals surface area (Å²) in [6.45, 7) is 3.81. The van der Waals surface area contributed by atoms with Crippen molar-refractivity contribution in [3.63, 3.8) is 0 Å². The van der Waals surface area contributed by atoms with Gasteiger partial charge in [0.05, 0.1) is 5.02 Å². The molecule has 0 saturated heterocycles. The van der Waals surface area contributed by atoms with E-state index in [1.165, 1.54) is 0 Å². The molecule has 0 atom stereocenters. The lowest BCUT2D eigenvalue weighted by molar-refractivity contribution is 0.314. The molecule has 0 aliphatic heterocycles. The number of aromatic hydroxyl groups is 1. The second-order valence-electron chi connectivity index (χ2n) is 3.99. The summed E-state index contributed by atoms with van der Waals surface area (Å²) in [4.78, 5) is 2.14. The molecule has 0 bridgehead atoms. The van der Waals surface area contributed by atoms with Crippen molar-refractivity contribution in [1.82, 2.24) is 4.90 Å². The number of nitrogens with zero attached hydrogens (tertiary/aromatic N) is 1. The van der Waals surface area contributed by atoms with Crippen molar-refractivity contribution in [2.45, 2.75) is 26.3 Å². The van der Waals surface area contributed by atoms with Gasteiger partial charge < -0.3 is 10.0 Å². The van der Waals surface area contributed by atoms with Crippen LogP contribution >= 0.6 is 23.2 Å². The van der Waals surface area contributed by atoms with Crippen LogP contribution in [0.5, 0.6) is 5.75 Å². The van der Waals surface area contributed by atoms with Crippen molar-refractivity contribution >= 4 is 23.2 Å². The van der Waals surface area contributed by atoms with E-state index in [0.717, 1.165) is 24.9 Å². The van der Waals surface area contributed by atoms with Crippen LogP contribution in [0.3, 0.4) is 0 Å². The molecule has 2 nitrogen and oxygen atoms in total. The summed E-state index contributed by atoms with van der Waals surface area (Å²) in [5, 5.41) is 10.6. The number of hydrogen-bond donors (Lipinski definition) is 1. The summed E-state index contributed by atoms with van der Waals surface area (Å²) in [5.74, 6) is 0.134. The second-order valence-corrected chi connectivity index (χ2v) is 4.83. The van der Waals surface area contributed by atoms with Gasteiger partial charge in [-0.3, -0.25) is 0 Å². The molecule has 0 saturated carbocycles. The molecular weight excluding hydrogens is 245 g/mol. The van der Waals surface area contributed by atoms with Gasteiger partial charge in [0, 0.05) is 17.1 Å². The average Bonchev–Trinajstić information content (AvgIpc) is 2.22. The molecule has 1 aromatic carbocycles. The Hall–Kier alpha value is -0.440. The number of benzene rings is 1. The standard InChI is InChI=1S/C12H17Cl2NO/c1-3-4-5-15(2)8-9-6-10(13)7-11(14)12(9)16/h6-7,16H,3-5,8H2,1-2H3. The molecule has 0 radical (unpaired) electrons. The van der Waals surface area contributed by atoms with Crippen LogP contribution in [0.4, 0.5) is 0 Å². The normalized spacial score (nSPS) is 11.1. The van der Waals surface area contributed by atoms with E-state index in [1.807, 2.05) is 7.05 Å². The van der Waals surface area contributed by atoms with Crippen molar-refractivity contribution < 1.29 is 5.11 Å². The Bertz CT molecular complexity index is 355. The van der Waals surface area contributed by atoms with Gasteiger partial charge in [0.25, 0.3) is 0 Å². The molecule has 0 aliphatic carbocycles. The van der Waals surface area contributed by atoms with Gasteiger partial charge in [-0.1, -0.05) is 36.5 Å². The van der Waals surface area contributed by atoms with E-state index < -0.39 is 0 Å². The summed E-state index contributed by atoms with van der Waals surface area (Å²) in [6, 6.07) is 3.30. The molecule has 1 rings (SSSR count). The van der Waals surface area contributed by atoms with Crippen LogP contribution in [0.25, 0.3) is 0 Å². The Balaban J connectivity index is 2.72. The highest BCUT2D eigenvalue weighted by Crippen LogP contribution is 2.31. The first-order chi connectivity index (χ1) is 7.54. The van der Waals surface area contributed by atoms with E-state index >= 15 is 0 Å². The van der Waals surface area contributed by atoms with Gasteiger partial charge in [0.1, 0.15) is 5.75 Å². The van der Waals surface area contributed by atoms with Crippen LogP contribution in [-0.4, -0.2) is 23.6 Å². The van der Waals surface area contributed by atoms with Crippen LogP contribution < -0.4 is 0 Å². The van der Waals surface area contributed by atoms with Gasteiger partial charge in [-0.25, -0.2) is 0 Å². The average molecular weight is 262 g/mol. The molecule has 0 heterocycles. The van der Waals surface area contributed by atoms with Gasteiger partial charge in [-0.2, -0.15) is 0 Å². The van der Waals surface area contributed by atoms with Crippen molar-refractivity contribution in [3.05, 3.63) is 27.7 Å².